The van der Waals surface area contributed by atoms with Crippen LogP contribution in [0.25, 0.3) is 0 Å². The molecule has 2 fully saturated rings. The van der Waals surface area contributed by atoms with Gasteiger partial charge in [0, 0.05) is 76.1 Å². The van der Waals surface area contributed by atoms with Crippen LogP contribution in [0.4, 0.5) is 38.4 Å². The maximum Gasteiger partial charge on any atom is 0.416 e. The quantitative estimate of drug-likeness (QED) is 0.238. The molecule has 2 amide bonds. The molecule has 1 unspecified atom stereocenters. The predicted molar refractivity (Wildman–Crippen MR) is 188 cm³/mol. The Morgan fingerprint density at radius 1 is 1.09 bits per heavy atom. The molecule has 6 rings (SSSR count). The summed E-state index contributed by atoms with van der Waals surface area (Å²) >= 11 is 0. The zero-order valence-corrected chi connectivity index (χ0v) is 31.2. The molecule has 1 aliphatic carbocycles. The zero-order valence-electron chi connectivity index (χ0n) is 31.2. The van der Waals surface area contributed by atoms with Crippen LogP contribution in [0.15, 0.2) is 30.6 Å². The third-order valence-electron chi connectivity index (χ3n) is 10.3. The number of nitrogens with zero attached hydrogens (tertiary/aromatic N) is 7. The molecule has 3 aromatic rings. The standard InChI is InChI=1S/C37H47F5N8O3/c1-8-43-29-13-24(35(19-36(38,39)20-35)15-31-46-44-21-47(31)7)14-30(45-29)50-17-26-25(32(50)51)11-23(12-27(26)37(40,41)42)16-48-9-10-49(18-28(48)22(2)3)33(52)53-34(4,5)6/h11-14,21-22,28H,8-10,15-20H2,1-7H3,(H,43,45). The van der Waals surface area contributed by atoms with Crippen molar-refractivity contribution in [2.45, 2.75) is 103 Å². The summed E-state index contributed by atoms with van der Waals surface area (Å²) in [7, 11) is 1.72. The summed E-state index contributed by atoms with van der Waals surface area (Å²) in [5, 5.41) is 11.1. The van der Waals surface area contributed by atoms with E-state index in [-0.39, 0.29) is 48.4 Å². The summed E-state index contributed by atoms with van der Waals surface area (Å²) in [6.45, 7) is 12.4. The van der Waals surface area contributed by atoms with Gasteiger partial charge in [-0.2, -0.15) is 13.2 Å². The van der Waals surface area contributed by atoms with Crippen molar-refractivity contribution in [1.29, 1.82) is 0 Å². The first-order valence-electron chi connectivity index (χ1n) is 17.9. The fourth-order valence-electron chi connectivity index (χ4n) is 7.77. The van der Waals surface area contributed by atoms with Crippen LogP contribution in [0.1, 0.15) is 92.8 Å². The van der Waals surface area contributed by atoms with E-state index in [9.17, 15) is 31.5 Å². The maximum absolute atomic E-state index is 14.8. The molecule has 2 aromatic heterocycles. The van der Waals surface area contributed by atoms with Crippen LogP contribution in [0.5, 0.6) is 0 Å². The van der Waals surface area contributed by atoms with Crippen molar-refractivity contribution in [3.05, 3.63) is 64.2 Å². The number of pyridine rings is 1. The summed E-state index contributed by atoms with van der Waals surface area (Å²) in [4.78, 5) is 36.4. The number of fused-ring (bicyclic) bond motifs is 1. The number of amides is 2. The molecule has 1 saturated carbocycles. The van der Waals surface area contributed by atoms with E-state index in [0.29, 0.717) is 48.9 Å². The summed E-state index contributed by atoms with van der Waals surface area (Å²) < 4.78 is 80.7. The molecule has 2 aliphatic heterocycles. The number of ether oxygens (including phenoxy) is 1. The molecule has 288 valence electrons. The van der Waals surface area contributed by atoms with E-state index >= 15 is 0 Å². The van der Waals surface area contributed by atoms with Gasteiger partial charge in [-0.15, -0.1) is 10.2 Å². The second-order valence-corrected chi connectivity index (χ2v) is 15.9. The Hall–Kier alpha value is -4.34. The number of aromatic nitrogens is 4. The fraction of sp³-hybridized carbons (Fsp3) is 0.595. The number of piperazine rings is 1. The van der Waals surface area contributed by atoms with Crippen molar-refractivity contribution in [3.8, 4) is 0 Å². The van der Waals surface area contributed by atoms with E-state index in [1.807, 2.05) is 25.7 Å². The van der Waals surface area contributed by atoms with Crippen molar-refractivity contribution >= 4 is 23.6 Å². The summed E-state index contributed by atoms with van der Waals surface area (Å²) in [5.41, 5.74) is -2.08. The molecule has 4 heterocycles. The second-order valence-electron chi connectivity index (χ2n) is 15.9. The highest BCUT2D eigenvalue weighted by atomic mass is 19.4. The Morgan fingerprint density at radius 2 is 1.81 bits per heavy atom. The minimum atomic E-state index is -4.76. The topological polar surface area (TPSA) is 109 Å². The Kier molecular flexibility index (Phi) is 10.0. The van der Waals surface area contributed by atoms with Gasteiger partial charge in [-0.05, 0) is 74.6 Å². The number of carbonyl (C=O) groups is 2. The van der Waals surface area contributed by atoms with E-state index in [0.717, 1.165) is 6.07 Å². The van der Waals surface area contributed by atoms with Gasteiger partial charge in [0.15, 0.2) is 0 Å². The van der Waals surface area contributed by atoms with Gasteiger partial charge in [0.1, 0.15) is 29.4 Å². The van der Waals surface area contributed by atoms with E-state index in [4.69, 9.17) is 4.74 Å². The van der Waals surface area contributed by atoms with Crippen molar-refractivity contribution in [1.82, 2.24) is 29.5 Å². The molecule has 0 radical (unpaired) electrons. The summed E-state index contributed by atoms with van der Waals surface area (Å²) in [5.74, 6) is -2.63. The number of carbonyl (C=O) groups excluding carboxylic acids is 2. The zero-order chi connectivity index (χ0) is 38.7. The van der Waals surface area contributed by atoms with E-state index in [1.54, 1.807) is 49.4 Å². The number of benzene rings is 1. The van der Waals surface area contributed by atoms with Crippen molar-refractivity contribution in [2.24, 2.45) is 13.0 Å². The van der Waals surface area contributed by atoms with Crippen LogP contribution in [-0.4, -0.2) is 85.3 Å². The number of hydrogen-bond donors (Lipinski definition) is 1. The van der Waals surface area contributed by atoms with Gasteiger partial charge < -0.3 is 19.5 Å². The highest BCUT2D eigenvalue weighted by molar-refractivity contribution is 6.10. The lowest BCUT2D eigenvalue weighted by Crippen LogP contribution is -2.56. The van der Waals surface area contributed by atoms with Gasteiger partial charge in [-0.1, -0.05) is 13.8 Å². The molecular weight excluding hydrogens is 699 g/mol. The van der Waals surface area contributed by atoms with Crippen LogP contribution in [0, 0.1) is 5.92 Å². The van der Waals surface area contributed by atoms with Gasteiger partial charge >= 0.3 is 12.3 Å². The first kappa shape index (κ1) is 38.4. The third kappa shape index (κ3) is 7.97. The molecule has 1 N–H and O–H groups in total. The molecule has 1 aromatic carbocycles. The van der Waals surface area contributed by atoms with Gasteiger partial charge in [0.25, 0.3) is 5.91 Å². The van der Waals surface area contributed by atoms with Crippen molar-refractivity contribution in [2.75, 3.05) is 36.4 Å². The molecule has 3 aliphatic rings. The van der Waals surface area contributed by atoms with Crippen LogP contribution < -0.4 is 10.2 Å². The first-order valence-corrected chi connectivity index (χ1v) is 17.9. The Balaban J connectivity index is 1.32. The van der Waals surface area contributed by atoms with Crippen molar-refractivity contribution < 1.29 is 36.3 Å². The minimum Gasteiger partial charge on any atom is -0.444 e. The number of anilines is 2. The van der Waals surface area contributed by atoms with Crippen LogP contribution >= 0.6 is 0 Å². The summed E-state index contributed by atoms with van der Waals surface area (Å²) in [6.07, 6.45) is -4.51. The number of alkyl halides is 5. The van der Waals surface area contributed by atoms with Crippen LogP contribution in [0.2, 0.25) is 0 Å². The highest BCUT2D eigenvalue weighted by Gasteiger charge is 2.58. The highest BCUT2D eigenvalue weighted by Crippen LogP contribution is 2.55. The lowest BCUT2D eigenvalue weighted by atomic mass is 9.60. The lowest BCUT2D eigenvalue weighted by molar-refractivity contribution is -0.138. The molecule has 1 saturated heterocycles. The normalized spacial score (nSPS) is 20.1. The van der Waals surface area contributed by atoms with Gasteiger partial charge in [0.05, 0.1) is 12.1 Å². The molecule has 16 heteroatoms. The Bertz CT molecular complexity index is 1860. The molecule has 0 spiro atoms. The van der Waals surface area contributed by atoms with Gasteiger partial charge in [-0.3, -0.25) is 14.6 Å². The first-order chi connectivity index (χ1) is 24.7. The molecule has 11 nitrogen and oxygen atoms in total. The van der Waals surface area contributed by atoms with Gasteiger partial charge in [0.2, 0.25) is 5.92 Å². The fourth-order valence-corrected chi connectivity index (χ4v) is 7.77. The van der Waals surface area contributed by atoms with E-state index in [1.165, 1.54) is 17.3 Å². The van der Waals surface area contributed by atoms with E-state index < -0.39 is 53.5 Å². The second kappa shape index (κ2) is 13.8. The molecule has 0 bridgehead atoms. The average molecular weight is 747 g/mol. The monoisotopic (exact) mass is 746 g/mol. The SMILES string of the molecule is CCNc1cc(C2(Cc3nncn3C)CC(F)(F)C2)cc(N2Cc3c(cc(CN4CCN(C(=O)OC(C)(C)C)CC4C(C)C)cc3C(F)(F)F)C2=O)n1. The predicted octanol–water partition coefficient (Wildman–Crippen LogP) is 6.81. The lowest BCUT2D eigenvalue weighted by Gasteiger charge is -2.48. The average Bonchev–Trinajstić information content (AvgIpc) is 3.60. The summed E-state index contributed by atoms with van der Waals surface area (Å²) in [6, 6.07) is 5.66. The third-order valence-corrected chi connectivity index (χ3v) is 10.3. The van der Waals surface area contributed by atoms with Gasteiger partial charge in [-0.25, -0.2) is 18.6 Å². The smallest absolute Gasteiger partial charge is 0.416 e. The molecular formula is C37H47F5N8O3. The number of aryl methyl sites for hydroxylation is 1. The molecule has 1 atom stereocenters. The molecule has 53 heavy (non-hydrogen) atoms. The Labute approximate surface area is 305 Å². The Morgan fingerprint density at radius 3 is 2.40 bits per heavy atom. The largest absolute Gasteiger partial charge is 0.444 e. The number of rotatable bonds is 9. The minimum absolute atomic E-state index is 0.0609. The van der Waals surface area contributed by atoms with Crippen molar-refractivity contribution in [3.63, 3.8) is 0 Å². The number of nitrogens with one attached hydrogen (secondary N) is 1. The maximum atomic E-state index is 14.8. The van der Waals surface area contributed by atoms with Crippen LogP contribution in [0.3, 0.4) is 0 Å². The number of hydrogen-bond acceptors (Lipinski definition) is 8. The van der Waals surface area contributed by atoms with Crippen LogP contribution in [-0.2, 0) is 42.9 Å². The van der Waals surface area contributed by atoms with E-state index in [2.05, 4.69) is 20.5 Å². The number of halogens is 5.